The van der Waals surface area contributed by atoms with Gasteiger partial charge >= 0.3 is 12.1 Å². The molecule has 160 valence electrons. The van der Waals surface area contributed by atoms with Gasteiger partial charge in [0, 0.05) is 12.1 Å². The summed E-state index contributed by atoms with van der Waals surface area (Å²) in [5.41, 5.74) is -0.711. The highest BCUT2D eigenvalue weighted by molar-refractivity contribution is 5.89. The molecule has 0 atom stereocenters. The maximum atomic E-state index is 14.2. The molecule has 7 nitrogen and oxygen atoms in total. The fraction of sp³-hybridized carbons (Fsp3) is 0.429. The number of aromatic nitrogens is 2. The van der Waals surface area contributed by atoms with Gasteiger partial charge in [0.05, 0.1) is 11.3 Å². The van der Waals surface area contributed by atoms with Crippen molar-refractivity contribution in [2.75, 3.05) is 11.4 Å². The number of hydrogen-bond acceptors (Lipinski definition) is 5. The summed E-state index contributed by atoms with van der Waals surface area (Å²) in [5.74, 6) is -1.66. The van der Waals surface area contributed by atoms with Crippen LogP contribution in [0.5, 0.6) is 0 Å². The summed E-state index contributed by atoms with van der Waals surface area (Å²) in [7, 11) is 0. The number of aromatic carboxylic acids is 1. The Morgan fingerprint density at radius 2 is 1.90 bits per heavy atom. The number of carboxylic acids is 1. The van der Waals surface area contributed by atoms with Gasteiger partial charge in [-0.25, -0.2) is 18.4 Å². The van der Waals surface area contributed by atoms with Crippen LogP contribution in [0.3, 0.4) is 0 Å². The quantitative estimate of drug-likeness (QED) is 0.769. The molecule has 1 aromatic heterocycles. The maximum absolute atomic E-state index is 14.2. The molecule has 1 saturated carbocycles. The SMILES string of the molecule is CC(C)(C)OC(=O)N(CC1CC(F)C1)c1ccc(-c2cc(C(=O)O)ccc2F)nn1. The highest BCUT2D eigenvalue weighted by Crippen LogP contribution is 2.32. The zero-order chi connectivity index (χ0) is 22.1. The van der Waals surface area contributed by atoms with E-state index in [4.69, 9.17) is 9.84 Å². The second-order valence-corrected chi connectivity index (χ2v) is 8.30. The summed E-state index contributed by atoms with van der Waals surface area (Å²) in [6, 6.07) is 6.30. The van der Waals surface area contributed by atoms with Crippen molar-refractivity contribution in [2.45, 2.75) is 45.4 Å². The number of ether oxygens (including phenoxy) is 1. The van der Waals surface area contributed by atoms with Crippen LogP contribution in [0.25, 0.3) is 11.3 Å². The Kier molecular flexibility index (Phi) is 6.00. The van der Waals surface area contributed by atoms with Crippen LogP contribution in [0.15, 0.2) is 30.3 Å². The first-order valence-electron chi connectivity index (χ1n) is 9.55. The number of rotatable bonds is 5. The molecule has 0 spiro atoms. The Morgan fingerprint density at radius 3 is 2.43 bits per heavy atom. The van der Waals surface area contributed by atoms with E-state index in [0.717, 1.165) is 12.1 Å². The third-order valence-corrected chi connectivity index (χ3v) is 4.65. The lowest BCUT2D eigenvalue weighted by atomic mass is 9.83. The van der Waals surface area contributed by atoms with Crippen molar-refractivity contribution in [1.82, 2.24) is 10.2 Å². The molecule has 9 heteroatoms. The van der Waals surface area contributed by atoms with E-state index in [-0.39, 0.29) is 35.1 Å². The fourth-order valence-electron chi connectivity index (χ4n) is 3.11. The van der Waals surface area contributed by atoms with Crippen LogP contribution in [0.1, 0.15) is 44.0 Å². The van der Waals surface area contributed by atoms with E-state index in [2.05, 4.69) is 10.2 Å². The summed E-state index contributed by atoms with van der Waals surface area (Å²) in [4.78, 5) is 25.1. The first kappa shape index (κ1) is 21.6. The minimum absolute atomic E-state index is 0.0151. The Hall–Kier alpha value is -3.10. The highest BCUT2D eigenvalue weighted by atomic mass is 19.1. The predicted octanol–water partition coefficient (Wildman–Crippen LogP) is 4.47. The lowest BCUT2D eigenvalue weighted by Gasteiger charge is -2.34. The van der Waals surface area contributed by atoms with E-state index in [1.54, 1.807) is 20.8 Å². The summed E-state index contributed by atoms with van der Waals surface area (Å²) >= 11 is 0. The van der Waals surface area contributed by atoms with Crippen LogP contribution < -0.4 is 4.90 Å². The van der Waals surface area contributed by atoms with Gasteiger partial charge < -0.3 is 9.84 Å². The number of carbonyl (C=O) groups is 2. The summed E-state index contributed by atoms with van der Waals surface area (Å²) in [6.45, 7) is 5.43. The van der Waals surface area contributed by atoms with Crippen LogP contribution in [0.2, 0.25) is 0 Å². The molecule has 0 saturated heterocycles. The Bertz CT molecular complexity index is 938. The summed E-state index contributed by atoms with van der Waals surface area (Å²) in [6.07, 6.45) is -0.782. The number of nitrogens with zero attached hydrogens (tertiary/aromatic N) is 3. The molecule has 1 N–H and O–H groups in total. The minimum Gasteiger partial charge on any atom is -0.478 e. The molecule has 0 unspecified atom stereocenters. The Balaban J connectivity index is 1.87. The topological polar surface area (TPSA) is 92.6 Å². The first-order valence-corrected chi connectivity index (χ1v) is 9.55. The van der Waals surface area contributed by atoms with Crippen LogP contribution in [0.4, 0.5) is 19.4 Å². The predicted molar refractivity (Wildman–Crippen MR) is 106 cm³/mol. The van der Waals surface area contributed by atoms with Gasteiger partial charge in [0.1, 0.15) is 17.6 Å². The number of anilines is 1. The van der Waals surface area contributed by atoms with E-state index in [9.17, 15) is 18.4 Å². The first-order chi connectivity index (χ1) is 14.0. The van der Waals surface area contributed by atoms with Crippen molar-refractivity contribution >= 4 is 17.9 Å². The number of carboxylic acid groups (broad SMARTS) is 1. The van der Waals surface area contributed by atoms with Gasteiger partial charge in [0.2, 0.25) is 0 Å². The number of benzene rings is 1. The fourth-order valence-corrected chi connectivity index (χ4v) is 3.11. The Labute approximate surface area is 172 Å². The number of alkyl halides is 1. The van der Waals surface area contributed by atoms with Gasteiger partial charge in [-0.2, -0.15) is 0 Å². The molecular formula is C21H23F2N3O4. The molecule has 30 heavy (non-hydrogen) atoms. The van der Waals surface area contributed by atoms with Crippen molar-refractivity contribution in [1.29, 1.82) is 0 Å². The molecule has 1 aromatic carbocycles. The molecule has 1 fully saturated rings. The molecule has 3 rings (SSSR count). The molecule has 1 aliphatic carbocycles. The van der Waals surface area contributed by atoms with E-state index in [1.165, 1.54) is 23.1 Å². The molecular weight excluding hydrogens is 396 g/mol. The monoisotopic (exact) mass is 419 g/mol. The highest BCUT2D eigenvalue weighted by Gasteiger charge is 2.34. The van der Waals surface area contributed by atoms with Crippen LogP contribution in [-0.4, -0.2) is 45.7 Å². The second-order valence-electron chi connectivity index (χ2n) is 8.30. The standard InChI is InChI=1S/C21H23F2N3O4/c1-21(2,3)30-20(29)26(11-12-8-14(22)9-12)18-7-6-17(24-25-18)15-10-13(19(27)28)4-5-16(15)23/h4-7,10,12,14H,8-9,11H2,1-3H3,(H,27,28). The van der Waals surface area contributed by atoms with Gasteiger partial charge in [0.25, 0.3) is 0 Å². The number of halogens is 2. The number of hydrogen-bond donors (Lipinski definition) is 1. The molecule has 1 amide bonds. The van der Waals surface area contributed by atoms with Crippen LogP contribution in [-0.2, 0) is 4.74 Å². The molecule has 0 aliphatic heterocycles. The Morgan fingerprint density at radius 1 is 1.20 bits per heavy atom. The third-order valence-electron chi connectivity index (χ3n) is 4.65. The maximum Gasteiger partial charge on any atom is 0.416 e. The van der Waals surface area contributed by atoms with Gasteiger partial charge in [-0.3, -0.25) is 4.90 Å². The van der Waals surface area contributed by atoms with E-state index < -0.39 is 29.7 Å². The lowest BCUT2D eigenvalue weighted by Crippen LogP contribution is -2.43. The van der Waals surface area contributed by atoms with Crippen molar-refractivity contribution in [3.8, 4) is 11.3 Å². The van der Waals surface area contributed by atoms with Crippen LogP contribution >= 0.6 is 0 Å². The zero-order valence-corrected chi connectivity index (χ0v) is 16.9. The third kappa shape index (κ3) is 5.08. The molecule has 0 bridgehead atoms. The van der Waals surface area contributed by atoms with Gasteiger partial charge in [-0.1, -0.05) is 0 Å². The van der Waals surface area contributed by atoms with Crippen molar-refractivity contribution in [2.24, 2.45) is 5.92 Å². The molecule has 1 heterocycles. The average molecular weight is 419 g/mol. The molecule has 1 aliphatic rings. The van der Waals surface area contributed by atoms with Gasteiger partial charge in [-0.15, -0.1) is 10.2 Å². The minimum atomic E-state index is -1.19. The smallest absolute Gasteiger partial charge is 0.416 e. The number of amides is 1. The largest absolute Gasteiger partial charge is 0.478 e. The van der Waals surface area contributed by atoms with Crippen molar-refractivity contribution in [3.63, 3.8) is 0 Å². The lowest BCUT2D eigenvalue weighted by molar-refractivity contribution is 0.0548. The summed E-state index contributed by atoms with van der Waals surface area (Å²) < 4.78 is 32.8. The van der Waals surface area contributed by atoms with Gasteiger partial charge in [0.15, 0.2) is 5.82 Å². The average Bonchev–Trinajstić information content (AvgIpc) is 2.63. The van der Waals surface area contributed by atoms with Gasteiger partial charge in [-0.05, 0) is 69.9 Å². The normalized spacial score (nSPS) is 18.4. The van der Waals surface area contributed by atoms with Crippen molar-refractivity contribution in [3.05, 3.63) is 41.7 Å². The van der Waals surface area contributed by atoms with E-state index >= 15 is 0 Å². The van der Waals surface area contributed by atoms with E-state index in [0.29, 0.717) is 12.8 Å². The van der Waals surface area contributed by atoms with Crippen molar-refractivity contribution < 1.29 is 28.2 Å². The molecule has 2 aromatic rings. The van der Waals surface area contributed by atoms with Crippen LogP contribution in [0, 0.1) is 11.7 Å². The number of carbonyl (C=O) groups excluding carboxylic acids is 1. The second kappa shape index (κ2) is 8.33. The molecule has 0 radical (unpaired) electrons. The van der Waals surface area contributed by atoms with E-state index in [1.807, 2.05) is 0 Å². The zero-order valence-electron chi connectivity index (χ0n) is 16.9. The summed E-state index contributed by atoms with van der Waals surface area (Å²) in [5, 5.41) is 17.1.